The van der Waals surface area contributed by atoms with Crippen LogP contribution in [0.2, 0.25) is 0 Å². The van der Waals surface area contributed by atoms with Crippen LogP contribution in [-0.2, 0) is 42.9 Å². The van der Waals surface area contributed by atoms with E-state index in [2.05, 4.69) is 46.6 Å². The predicted octanol–water partition coefficient (Wildman–Crippen LogP) is 6.36. The van der Waals surface area contributed by atoms with Gasteiger partial charge in [-0.1, -0.05) is 37.1 Å². The molecule has 0 saturated heterocycles. The van der Waals surface area contributed by atoms with Crippen molar-refractivity contribution in [3.8, 4) is 0 Å². The van der Waals surface area contributed by atoms with E-state index >= 15 is 0 Å². The summed E-state index contributed by atoms with van der Waals surface area (Å²) in [4.78, 5) is 13.0. The van der Waals surface area contributed by atoms with Gasteiger partial charge in [0.05, 0.1) is 0 Å². The van der Waals surface area contributed by atoms with Crippen LogP contribution in [0.15, 0.2) is 15.8 Å². The molecule has 2 aliphatic carbocycles. The van der Waals surface area contributed by atoms with Crippen LogP contribution in [-0.4, -0.2) is 16.8 Å². The molecule has 2 N–H and O–H groups in total. The highest BCUT2D eigenvalue weighted by atomic mass is 32.2. The summed E-state index contributed by atoms with van der Waals surface area (Å²) >= 11 is 3.55. The molecule has 0 radical (unpaired) electrons. The van der Waals surface area contributed by atoms with Gasteiger partial charge in [-0.25, -0.2) is 9.18 Å². The minimum atomic E-state index is -0.658. The molecule has 32 heavy (non-hydrogen) atoms. The molecule has 0 spiro atoms. The molecule has 4 rings (SSSR count). The van der Waals surface area contributed by atoms with E-state index in [4.69, 9.17) is 0 Å². The van der Waals surface area contributed by atoms with Gasteiger partial charge >= 0.3 is 6.03 Å². The fourth-order valence-electron chi connectivity index (χ4n) is 4.20. The highest BCUT2D eigenvalue weighted by Gasteiger charge is 2.29. The van der Waals surface area contributed by atoms with Gasteiger partial charge in [0.2, 0.25) is 11.5 Å². The zero-order valence-electron chi connectivity index (χ0n) is 18.8. The minimum Gasteiger partial charge on any atom is -0.305 e. The van der Waals surface area contributed by atoms with Crippen LogP contribution in [0, 0.1) is 5.82 Å². The monoisotopic (exact) mass is 495 g/mol. The fraction of sp³-hybridized carbons (Fsp3) is 0.522. The molecule has 2 aromatic rings. The van der Waals surface area contributed by atoms with Crippen LogP contribution in [0.25, 0.3) is 0 Å². The maximum atomic E-state index is 14.4. The normalized spacial score (nSPS) is 13.9. The number of hydrogen-bond acceptors (Lipinski definition) is 5. The first kappa shape index (κ1) is 25.1. The lowest BCUT2D eigenvalue weighted by Gasteiger charge is -2.15. The van der Waals surface area contributed by atoms with E-state index in [1.54, 1.807) is 11.9 Å². The van der Waals surface area contributed by atoms with Crippen molar-refractivity contribution in [1.82, 2.24) is 4.72 Å². The molecular weight excluding hydrogens is 465 g/mol. The van der Waals surface area contributed by atoms with Gasteiger partial charge in [0.25, 0.3) is 0 Å². The molecule has 1 heterocycles. The fourth-order valence-corrected chi connectivity index (χ4v) is 6.13. The molecule has 0 atom stereocenters. The quantitative estimate of drug-likeness (QED) is 0.361. The number of carbonyl (C=O) groups is 1. The van der Waals surface area contributed by atoms with Crippen molar-refractivity contribution in [3.05, 3.63) is 50.0 Å². The zero-order valence-corrected chi connectivity index (χ0v) is 21.2. The van der Waals surface area contributed by atoms with Gasteiger partial charge < -0.3 is 5.32 Å². The first-order valence-electron chi connectivity index (χ1n) is 11.0. The van der Waals surface area contributed by atoms with Crippen LogP contribution in [0.3, 0.4) is 0 Å². The lowest BCUT2D eigenvalue weighted by Crippen LogP contribution is -2.12. The summed E-state index contributed by atoms with van der Waals surface area (Å²) in [5.41, 5.74) is 5.47. The van der Waals surface area contributed by atoms with E-state index in [0.717, 1.165) is 73.1 Å². The number of nitrogens with one attached hydrogen (secondary N) is 2. The molecule has 0 fully saturated rings. The summed E-state index contributed by atoms with van der Waals surface area (Å²) in [5, 5.41) is 4.95. The number of nitrogens with zero attached hydrogens (tertiary/aromatic N) is 1. The van der Waals surface area contributed by atoms with Gasteiger partial charge in [0, 0.05) is 22.9 Å². The third-order valence-corrected chi connectivity index (χ3v) is 8.05. The Morgan fingerprint density at radius 2 is 1.78 bits per heavy atom. The van der Waals surface area contributed by atoms with E-state index in [-0.39, 0.29) is 17.3 Å². The molecule has 174 valence electrons. The molecule has 2 amide bonds. The molecule has 0 bridgehead atoms. The van der Waals surface area contributed by atoms with E-state index in [1.807, 2.05) is 11.3 Å². The molecule has 0 aliphatic heterocycles. The second kappa shape index (κ2) is 12.1. The first-order chi connectivity index (χ1) is 15.5. The largest absolute Gasteiger partial charge is 0.358 e. The van der Waals surface area contributed by atoms with Crippen molar-refractivity contribution in [2.45, 2.75) is 71.0 Å². The first-order valence-corrected chi connectivity index (χ1v) is 13.6. The second-order valence-electron chi connectivity index (χ2n) is 8.19. The van der Waals surface area contributed by atoms with Crippen LogP contribution >= 0.6 is 23.3 Å². The number of rotatable bonds is 6. The molecule has 0 unspecified atom stereocenters. The number of amides is 2. The molecule has 0 saturated carbocycles. The lowest BCUT2D eigenvalue weighted by atomic mass is 9.98. The Bertz CT molecular complexity index is 981. The Morgan fingerprint density at radius 3 is 2.31 bits per heavy atom. The van der Waals surface area contributed by atoms with Gasteiger partial charge in [-0.3, -0.25) is 4.72 Å². The lowest BCUT2D eigenvalue weighted by molar-refractivity contribution is 0.260. The van der Waals surface area contributed by atoms with Crippen molar-refractivity contribution in [3.63, 3.8) is 0 Å². The van der Waals surface area contributed by atoms with Crippen molar-refractivity contribution in [2.75, 3.05) is 11.9 Å². The van der Waals surface area contributed by atoms with E-state index in [1.165, 1.54) is 10.4 Å². The number of thiophene rings is 1. The van der Waals surface area contributed by atoms with Crippen molar-refractivity contribution in [2.24, 2.45) is 4.36 Å². The smallest absolute Gasteiger partial charge is 0.305 e. The van der Waals surface area contributed by atoms with E-state index in [0.29, 0.717) is 11.6 Å². The maximum Gasteiger partial charge on any atom is 0.358 e. The predicted molar refractivity (Wildman–Crippen MR) is 133 cm³/mol. The molecule has 1 aromatic heterocycles. The molecule has 1 aromatic carbocycles. The third-order valence-electron chi connectivity index (χ3n) is 5.72. The summed E-state index contributed by atoms with van der Waals surface area (Å²) in [6, 6.07) is 1.66. The highest BCUT2D eigenvalue weighted by Crippen LogP contribution is 2.40. The summed E-state index contributed by atoms with van der Waals surface area (Å²) in [6.45, 7) is 7.64. The summed E-state index contributed by atoms with van der Waals surface area (Å²) in [6.07, 6.45) is 4.83. The Balaban J connectivity index is 0.000000195. The zero-order chi connectivity index (χ0) is 23.1. The Kier molecular flexibility index (Phi) is 9.46. The number of anilines is 1. The van der Waals surface area contributed by atoms with Crippen LogP contribution in [0.5, 0.6) is 0 Å². The van der Waals surface area contributed by atoms with Gasteiger partial charge in [0.15, 0.2) is 0 Å². The Labute approximate surface area is 201 Å². The number of benzene rings is 1. The Hall–Kier alpha value is -1.55. The van der Waals surface area contributed by atoms with Crippen LogP contribution < -0.4 is 10.0 Å². The standard InChI is InChI=1S/C13H13FN2O2S.C10H17NS2/c14-11-7-3-1-5-9(7)12(15-13(17)16-19-18)10-6-2-4-8(10)11;1-4-11-13-7-10-5-9(6-12-10)8(2)3/h1-6H2,(H,15,17);5-6,8,11H,4,7H2,1-3H3. The van der Waals surface area contributed by atoms with E-state index < -0.39 is 6.03 Å². The average molecular weight is 496 g/mol. The third kappa shape index (κ3) is 6.07. The summed E-state index contributed by atoms with van der Waals surface area (Å²) in [5.74, 6) is 1.67. The average Bonchev–Trinajstić information content (AvgIpc) is 3.52. The van der Waals surface area contributed by atoms with Crippen molar-refractivity contribution >= 4 is 46.5 Å². The van der Waals surface area contributed by atoms with E-state index in [9.17, 15) is 13.4 Å². The summed E-state index contributed by atoms with van der Waals surface area (Å²) < 4.78 is 31.1. The van der Waals surface area contributed by atoms with Gasteiger partial charge in [0.1, 0.15) is 5.82 Å². The minimum absolute atomic E-state index is 0.0758. The second-order valence-corrected chi connectivity index (χ2v) is 10.4. The molecular formula is C23H30FN3O2S3. The van der Waals surface area contributed by atoms with Crippen molar-refractivity contribution < 1.29 is 13.4 Å². The van der Waals surface area contributed by atoms with Crippen LogP contribution in [0.1, 0.15) is 72.2 Å². The number of carbonyl (C=O) groups excluding carboxylic acids is 1. The SMILES string of the molecule is CCNSCc1cc(C(C)C)cs1.O=S=NC(=O)Nc1c2c(c(F)c3c1CCC3)CCC2. The molecule has 2 aliphatic rings. The van der Waals surface area contributed by atoms with Gasteiger partial charge in [-0.2, -0.15) is 4.21 Å². The van der Waals surface area contributed by atoms with Gasteiger partial charge in [-0.05, 0) is 83.7 Å². The highest BCUT2D eigenvalue weighted by molar-refractivity contribution is 7.96. The van der Waals surface area contributed by atoms with Crippen molar-refractivity contribution in [1.29, 1.82) is 0 Å². The molecule has 5 nitrogen and oxygen atoms in total. The van der Waals surface area contributed by atoms with Crippen LogP contribution in [0.4, 0.5) is 14.9 Å². The number of halogens is 1. The summed E-state index contributed by atoms with van der Waals surface area (Å²) in [7, 11) is 0. The molecule has 9 heteroatoms. The number of urea groups is 1. The number of hydrogen-bond donors (Lipinski definition) is 2. The Morgan fingerprint density at radius 1 is 1.16 bits per heavy atom. The van der Waals surface area contributed by atoms with Gasteiger partial charge in [-0.15, -0.1) is 11.3 Å². The number of fused-ring (bicyclic) bond motifs is 2. The topological polar surface area (TPSA) is 70.6 Å². The maximum absolute atomic E-state index is 14.4.